The van der Waals surface area contributed by atoms with E-state index in [1.807, 2.05) is 27.7 Å². The van der Waals surface area contributed by atoms with Crippen LogP contribution in [0.1, 0.15) is 56.2 Å². The molecule has 1 heterocycles. The number of hydrogen-bond donors (Lipinski definition) is 2. The molecular weight excluding hydrogens is 248 g/mol. The minimum Gasteiger partial charge on any atom is -0.476 e. The van der Waals surface area contributed by atoms with Crippen molar-refractivity contribution in [3.8, 4) is 0 Å². The first-order valence-electron chi connectivity index (χ1n) is 6.32. The van der Waals surface area contributed by atoms with Crippen LogP contribution in [0.5, 0.6) is 0 Å². The van der Waals surface area contributed by atoms with E-state index in [4.69, 9.17) is 5.11 Å². The molecule has 0 aliphatic carbocycles. The van der Waals surface area contributed by atoms with E-state index in [0.717, 1.165) is 6.42 Å². The fraction of sp³-hybridized carbons (Fsp3) is 0.667. The number of amides is 1. The third-order valence-corrected chi connectivity index (χ3v) is 2.84. The molecule has 0 radical (unpaired) electrons. The van der Waals surface area contributed by atoms with Crippen molar-refractivity contribution in [2.75, 3.05) is 0 Å². The first kappa shape index (κ1) is 15.1. The first-order valence-corrected chi connectivity index (χ1v) is 6.32. The van der Waals surface area contributed by atoms with Crippen LogP contribution in [0.2, 0.25) is 0 Å². The standard InChI is InChI=1S/C12H20N4O3/c1-5-8(4)13-9(17)6-16-11(7(2)3)10(12(18)19)14-15-16/h7-8H,5-6H2,1-4H3,(H,13,17)(H,18,19). The van der Waals surface area contributed by atoms with Gasteiger partial charge in [-0.3, -0.25) is 4.79 Å². The number of nitrogens with zero attached hydrogens (tertiary/aromatic N) is 3. The Morgan fingerprint density at radius 2 is 2.00 bits per heavy atom. The van der Waals surface area contributed by atoms with Gasteiger partial charge in [-0.1, -0.05) is 26.0 Å². The van der Waals surface area contributed by atoms with Crippen molar-refractivity contribution in [2.45, 2.75) is 52.6 Å². The van der Waals surface area contributed by atoms with Gasteiger partial charge in [-0.05, 0) is 19.3 Å². The predicted molar refractivity (Wildman–Crippen MR) is 69.0 cm³/mol. The summed E-state index contributed by atoms with van der Waals surface area (Å²) in [7, 11) is 0. The highest BCUT2D eigenvalue weighted by Crippen LogP contribution is 2.17. The molecule has 1 atom stereocenters. The zero-order valence-electron chi connectivity index (χ0n) is 11.7. The maximum absolute atomic E-state index is 11.8. The molecule has 1 unspecified atom stereocenters. The summed E-state index contributed by atoms with van der Waals surface area (Å²) in [5, 5.41) is 19.2. The second kappa shape index (κ2) is 6.31. The largest absolute Gasteiger partial charge is 0.476 e. The second-order valence-electron chi connectivity index (χ2n) is 4.82. The number of carboxylic acid groups (broad SMARTS) is 1. The summed E-state index contributed by atoms with van der Waals surface area (Å²) in [4.78, 5) is 22.8. The van der Waals surface area contributed by atoms with Crippen molar-refractivity contribution in [3.05, 3.63) is 11.4 Å². The first-order chi connectivity index (χ1) is 8.86. The number of carbonyl (C=O) groups excluding carboxylic acids is 1. The van der Waals surface area contributed by atoms with Crippen LogP contribution in [0, 0.1) is 0 Å². The summed E-state index contributed by atoms with van der Waals surface area (Å²) >= 11 is 0. The van der Waals surface area contributed by atoms with Gasteiger partial charge in [-0.2, -0.15) is 0 Å². The lowest BCUT2D eigenvalue weighted by Gasteiger charge is -2.13. The third kappa shape index (κ3) is 3.77. The average molecular weight is 268 g/mol. The monoisotopic (exact) mass is 268 g/mol. The van der Waals surface area contributed by atoms with Crippen molar-refractivity contribution in [1.29, 1.82) is 0 Å². The zero-order chi connectivity index (χ0) is 14.6. The van der Waals surface area contributed by atoms with E-state index in [1.54, 1.807) is 0 Å². The maximum Gasteiger partial charge on any atom is 0.358 e. The van der Waals surface area contributed by atoms with E-state index < -0.39 is 5.97 Å². The normalized spacial score (nSPS) is 12.5. The minimum absolute atomic E-state index is 0.0157. The van der Waals surface area contributed by atoms with Crippen LogP contribution in [-0.4, -0.2) is 38.0 Å². The summed E-state index contributed by atoms with van der Waals surface area (Å²) in [6, 6.07) is 0.0810. The van der Waals surface area contributed by atoms with Gasteiger partial charge in [0.2, 0.25) is 5.91 Å². The van der Waals surface area contributed by atoms with Crippen LogP contribution < -0.4 is 5.32 Å². The molecule has 1 aromatic heterocycles. The van der Waals surface area contributed by atoms with Gasteiger partial charge in [0, 0.05) is 6.04 Å². The van der Waals surface area contributed by atoms with Crippen molar-refractivity contribution < 1.29 is 14.7 Å². The lowest BCUT2D eigenvalue weighted by atomic mass is 10.1. The SMILES string of the molecule is CCC(C)NC(=O)Cn1nnc(C(=O)O)c1C(C)C. The second-order valence-corrected chi connectivity index (χ2v) is 4.82. The highest BCUT2D eigenvalue weighted by Gasteiger charge is 2.22. The van der Waals surface area contributed by atoms with Gasteiger partial charge >= 0.3 is 5.97 Å². The van der Waals surface area contributed by atoms with Gasteiger partial charge in [0.1, 0.15) is 6.54 Å². The fourth-order valence-electron chi connectivity index (χ4n) is 1.72. The van der Waals surface area contributed by atoms with Gasteiger partial charge in [-0.15, -0.1) is 5.10 Å². The molecule has 7 heteroatoms. The van der Waals surface area contributed by atoms with E-state index in [9.17, 15) is 9.59 Å². The molecule has 7 nitrogen and oxygen atoms in total. The maximum atomic E-state index is 11.8. The number of aromatic carboxylic acids is 1. The van der Waals surface area contributed by atoms with Gasteiger partial charge in [0.15, 0.2) is 5.69 Å². The molecule has 106 valence electrons. The van der Waals surface area contributed by atoms with E-state index in [0.29, 0.717) is 5.69 Å². The smallest absolute Gasteiger partial charge is 0.358 e. The Labute approximate surface area is 112 Å². The molecule has 0 bridgehead atoms. The molecule has 1 aromatic rings. The van der Waals surface area contributed by atoms with Crippen LogP contribution in [0.15, 0.2) is 0 Å². The summed E-state index contributed by atoms with van der Waals surface area (Å²) in [6.45, 7) is 7.55. The number of nitrogens with one attached hydrogen (secondary N) is 1. The number of carbonyl (C=O) groups is 2. The summed E-state index contributed by atoms with van der Waals surface area (Å²) in [5.41, 5.74) is 0.373. The van der Waals surface area contributed by atoms with E-state index in [1.165, 1.54) is 4.68 Å². The van der Waals surface area contributed by atoms with E-state index in [2.05, 4.69) is 15.6 Å². The van der Waals surface area contributed by atoms with Gasteiger partial charge in [-0.25, -0.2) is 9.48 Å². The quantitative estimate of drug-likeness (QED) is 0.802. The van der Waals surface area contributed by atoms with Crippen molar-refractivity contribution in [3.63, 3.8) is 0 Å². The van der Waals surface area contributed by atoms with Crippen LogP contribution in [-0.2, 0) is 11.3 Å². The average Bonchev–Trinajstić information content (AvgIpc) is 2.72. The number of hydrogen-bond acceptors (Lipinski definition) is 4. The fourth-order valence-corrected chi connectivity index (χ4v) is 1.72. The van der Waals surface area contributed by atoms with Gasteiger partial charge in [0.05, 0.1) is 5.69 Å². The Balaban J connectivity index is 2.90. The Kier molecular flexibility index (Phi) is 5.02. The van der Waals surface area contributed by atoms with Crippen LogP contribution in [0.25, 0.3) is 0 Å². The molecule has 19 heavy (non-hydrogen) atoms. The molecule has 0 aromatic carbocycles. The summed E-state index contributed by atoms with van der Waals surface area (Å²) in [5.74, 6) is -1.40. The Morgan fingerprint density at radius 1 is 1.37 bits per heavy atom. The molecule has 2 N–H and O–H groups in total. The number of carboxylic acids is 1. The molecule has 1 amide bonds. The molecule has 0 saturated carbocycles. The van der Waals surface area contributed by atoms with Crippen molar-refractivity contribution in [2.24, 2.45) is 0 Å². The molecule has 0 fully saturated rings. The highest BCUT2D eigenvalue weighted by molar-refractivity contribution is 5.86. The Morgan fingerprint density at radius 3 is 2.47 bits per heavy atom. The number of aromatic nitrogens is 3. The molecule has 0 saturated heterocycles. The molecule has 0 spiro atoms. The summed E-state index contributed by atoms with van der Waals surface area (Å²) in [6.07, 6.45) is 0.834. The van der Waals surface area contributed by atoms with Gasteiger partial charge < -0.3 is 10.4 Å². The van der Waals surface area contributed by atoms with Crippen LogP contribution in [0.3, 0.4) is 0 Å². The Hall–Kier alpha value is -1.92. The third-order valence-electron chi connectivity index (χ3n) is 2.84. The molecule has 0 aliphatic heterocycles. The van der Waals surface area contributed by atoms with Crippen molar-refractivity contribution in [1.82, 2.24) is 20.3 Å². The summed E-state index contributed by atoms with van der Waals surface area (Å²) < 4.78 is 1.35. The highest BCUT2D eigenvalue weighted by atomic mass is 16.4. The Bertz CT molecular complexity index is 468. The molecule has 0 aliphatic rings. The topological polar surface area (TPSA) is 97.1 Å². The number of rotatable bonds is 6. The lowest BCUT2D eigenvalue weighted by Crippen LogP contribution is -2.35. The van der Waals surface area contributed by atoms with Crippen molar-refractivity contribution >= 4 is 11.9 Å². The predicted octanol–water partition coefficient (Wildman–Crippen LogP) is 1.01. The van der Waals surface area contributed by atoms with Crippen LogP contribution >= 0.6 is 0 Å². The molecular formula is C12H20N4O3. The lowest BCUT2D eigenvalue weighted by molar-refractivity contribution is -0.122. The zero-order valence-corrected chi connectivity index (χ0v) is 11.7. The van der Waals surface area contributed by atoms with Crippen LogP contribution in [0.4, 0.5) is 0 Å². The minimum atomic E-state index is -1.13. The van der Waals surface area contributed by atoms with E-state index in [-0.39, 0.29) is 30.1 Å². The van der Waals surface area contributed by atoms with E-state index >= 15 is 0 Å². The van der Waals surface area contributed by atoms with Gasteiger partial charge in [0.25, 0.3) is 0 Å². The molecule has 1 rings (SSSR count).